The number of aryl methyl sites for hydroxylation is 2. The van der Waals surface area contributed by atoms with Gasteiger partial charge in [-0.25, -0.2) is 14.6 Å². The van der Waals surface area contributed by atoms with Crippen LogP contribution in [0.3, 0.4) is 0 Å². The van der Waals surface area contributed by atoms with E-state index in [-0.39, 0.29) is 18.1 Å². The molecule has 0 aliphatic carbocycles. The SMILES string of the molecule is CCc1ccc(CN2C(=O)C3=NC=NC3=[N+](c3ccccc3C)C2=O)cc1. The summed E-state index contributed by atoms with van der Waals surface area (Å²) in [7, 11) is 0. The molecule has 0 aromatic heterocycles. The van der Waals surface area contributed by atoms with Crippen LogP contribution in [0.4, 0.5) is 10.5 Å². The Hall–Kier alpha value is -3.41. The molecule has 4 rings (SSSR count). The van der Waals surface area contributed by atoms with Crippen LogP contribution in [0.2, 0.25) is 0 Å². The first-order valence-electron chi connectivity index (χ1n) is 8.87. The summed E-state index contributed by atoms with van der Waals surface area (Å²) in [5, 5.41) is 0. The second kappa shape index (κ2) is 6.72. The molecule has 6 heteroatoms. The van der Waals surface area contributed by atoms with Crippen molar-refractivity contribution in [2.45, 2.75) is 26.8 Å². The molecule has 0 unspecified atom stereocenters. The first kappa shape index (κ1) is 17.0. The molecule has 0 radical (unpaired) electrons. The zero-order valence-corrected chi connectivity index (χ0v) is 15.2. The van der Waals surface area contributed by atoms with Crippen molar-refractivity contribution in [1.29, 1.82) is 0 Å². The number of amidine groups is 1. The van der Waals surface area contributed by atoms with Gasteiger partial charge in [0.25, 0.3) is 0 Å². The summed E-state index contributed by atoms with van der Waals surface area (Å²) in [5.41, 5.74) is 3.91. The number of carbonyl (C=O) groups excluding carboxylic acids is 2. The molecule has 6 nitrogen and oxygen atoms in total. The van der Waals surface area contributed by atoms with Gasteiger partial charge < -0.3 is 0 Å². The average molecular weight is 359 g/mol. The third-order valence-electron chi connectivity index (χ3n) is 4.79. The molecule has 0 saturated carbocycles. The monoisotopic (exact) mass is 359 g/mol. The lowest BCUT2D eigenvalue weighted by molar-refractivity contribution is -0.344. The van der Waals surface area contributed by atoms with E-state index < -0.39 is 11.9 Å². The number of fused-ring (bicyclic) bond motifs is 1. The summed E-state index contributed by atoms with van der Waals surface area (Å²) < 4.78 is 1.47. The predicted molar refractivity (Wildman–Crippen MR) is 104 cm³/mol. The second-order valence-corrected chi connectivity index (χ2v) is 6.51. The van der Waals surface area contributed by atoms with Gasteiger partial charge in [-0.1, -0.05) is 54.4 Å². The normalized spacial score (nSPS) is 16.1. The van der Waals surface area contributed by atoms with Gasteiger partial charge >= 0.3 is 17.8 Å². The van der Waals surface area contributed by atoms with E-state index in [2.05, 4.69) is 16.9 Å². The maximum Gasteiger partial charge on any atom is 0.451 e. The summed E-state index contributed by atoms with van der Waals surface area (Å²) in [6, 6.07) is 15.0. The van der Waals surface area contributed by atoms with Crippen LogP contribution in [0.25, 0.3) is 0 Å². The molecule has 27 heavy (non-hydrogen) atoms. The number of hydrogen-bond acceptors (Lipinski definition) is 4. The molecule has 0 atom stereocenters. The topological polar surface area (TPSA) is 65.1 Å². The Morgan fingerprint density at radius 3 is 2.41 bits per heavy atom. The van der Waals surface area contributed by atoms with Gasteiger partial charge in [0.15, 0.2) is 6.34 Å². The number of aliphatic imine (C=N–C) groups is 2. The van der Waals surface area contributed by atoms with Gasteiger partial charge in [-0.05, 0) is 36.1 Å². The molecule has 2 aromatic carbocycles. The number of urea groups is 1. The zero-order chi connectivity index (χ0) is 19.0. The standard InChI is InChI=1S/C21H19N4O2/c1-3-15-8-10-16(11-9-15)12-24-20(26)18-19(23-13-22-18)25(21(24)27)17-7-5-4-6-14(17)2/h4-11,13H,3,12H2,1-2H3/q+1. The van der Waals surface area contributed by atoms with Gasteiger partial charge in [-0.2, -0.15) is 9.48 Å². The number of carbonyl (C=O) groups is 2. The van der Waals surface area contributed by atoms with Crippen LogP contribution in [-0.2, 0) is 17.8 Å². The summed E-state index contributed by atoms with van der Waals surface area (Å²) in [6.07, 6.45) is 2.26. The maximum atomic E-state index is 13.2. The zero-order valence-electron chi connectivity index (χ0n) is 15.2. The largest absolute Gasteiger partial charge is 0.451 e. The highest BCUT2D eigenvalue weighted by molar-refractivity contribution is 6.69. The third-order valence-corrected chi connectivity index (χ3v) is 4.79. The minimum absolute atomic E-state index is 0.191. The Kier molecular flexibility index (Phi) is 4.24. The highest BCUT2D eigenvalue weighted by Crippen LogP contribution is 2.24. The summed E-state index contributed by atoms with van der Waals surface area (Å²) in [5.74, 6) is -0.131. The second-order valence-electron chi connectivity index (χ2n) is 6.51. The van der Waals surface area contributed by atoms with Crippen molar-refractivity contribution >= 4 is 35.5 Å². The number of para-hydroxylation sites is 1. The number of rotatable bonds is 4. The van der Waals surface area contributed by atoms with Crippen LogP contribution in [0.1, 0.15) is 23.6 Å². The fraction of sp³-hybridized carbons (Fsp3) is 0.190. The quantitative estimate of drug-likeness (QED) is 0.787. The fourth-order valence-electron chi connectivity index (χ4n) is 3.23. The van der Waals surface area contributed by atoms with Crippen molar-refractivity contribution in [3.63, 3.8) is 0 Å². The van der Waals surface area contributed by atoms with Gasteiger partial charge in [0.1, 0.15) is 12.2 Å². The van der Waals surface area contributed by atoms with Gasteiger partial charge in [0.05, 0.1) is 0 Å². The van der Waals surface area contributed by atoms with E-state index in [0.29, 0.717) is 5.69 Å². The van der Waals surface area contributed by atoms with Crippen LogP contribution in [0, 0.1) is 6.92 Å². The minimum Gasteiger partial charge on any atom is -0.248 e. The van der Waals surface area contributed by atoms with E-state index >= 15 is 0 Å². The molecule has 0 fully saturated rings. The van der Waals surface area contributed by atoms with E-state index in [1.807, 2.05) is 55.5 Å². The molecule has 2 aliphatic rings. The Bertz CT molecular complexity index is 1030. The number of nitrogens with zero attached hydrogens (tertiary/aromatic N) is 4. The van der Waals surface area contributed by atoms with Crippen LogP contribution >= 0.6 is 0 Å². The van der Waals surface area contributed by atoms with Crippen LogP contribution in [-0.4, -0.2) is 39.3 Å². The Balaban J connectivity index is 1.76. The molecule has 2 aliphatic heterocycles. The molecular weight excluding hydrogens is 340 g/mol. The highest BCUT2D eigenvalue weighted by atomic mass is 16.2. The van der Waals surface area contributed by atoms with E-state index in [1.54, 1.807) is 0 Å². The van der Waals surface area contributed by atoms with E-state index in [1.165, 1.54) is 21.4 Å². The Morgan fingerprint density at radius 1 is 1.00 bits per heavy atom. The number of hydrogen-bond donors (Lipinski definition) is 0. The van der Waals surface area contributed by atoms with Crippen molar-refractivity contribution in [3.05, 3.63) is 65.2 Å². The lowest BCUT2D eigenvalue weighted by atomic mass is 10.1. The smallest absolute Gasteiger partial charge is 0.248 e. The predicted octanol–water partition coefficient (Wildman–Crippen LogP) is 3.25. The fourth-order valence-corrected chi connectivity index (χ4v) is 3.23. The van der Waals surface area contributed by atoms with Gasteiger partial charge in [0, 0.05) is 0 Å². The van der Waals surface area contributed by atoms with Crippen molar-refractivity contribution in [2.24, 2.45) is 9.98 Å². The number of imide groups is 1. The van der Waals surface area contributed by atoms with Crippen LogP contribution in [0.15, 0.2) is 58.5 Å². The highest BCUT2D eigenvalue weighted by Gasteiger charge is 2.47. The Morgan fingerprint density at radius 2 is 1.70 bits per heavy atom. The number of amides is 3. The summed E-state index contributed by atoms with van der Waals surface area (Å²) >= 11 is 0. The molecular formula is C21H19N4O2+. The molecule has 0 spiro atoms. The van der Waals surface area contributed by atoms with Crippen molar-refractivity contribution < 1.29 is 14.2 Å². The van der Waals surface area contributed by atoms with Gasteiger partial charge in [-0.3, -0.25) is 0 Å². The van der Waals surface area contributed by atoms with Crippen molar-refractivity contribution in [1.82, 2.24) is 4.90 Å². The lowest BCUT2D eigenvalue weighted by Gasteiger charge is -2.22. The molecule has 0 saturated heterocycles. The van der Waals surface area contributed by atoms with Crippen molar-refractivity contribution in [3.8, 4) is 0 Å². The lowest BCUT2D eigenvalue weighted by Crippen LogP contribution is -2.52. The van der Waals surface area contributed by atoms with Gasteiger partial charge in [-0.15, -0.1) is 0 Å². The van der Waals surface area contributed by atoms with E-state index in [4.69, 9.17) is 0 Å². The first-order chi connectivity index (χ1) is 13.1. The van der Waals surface area contributed by atoms with E-state index in [9.17, 15) is 9.59 Å². The minimum atomic E-state index is -0.420. The van der Waals surface area contributed by atoms with Crippen molar-refractivity contribution in [2.75, 3.05) is 0 Å². The summed E-state index contributed by atoms with van der Waals surface area (Å²) in [6.45, 7) is 4.20. The average Bonchev–Trinajstić information content (AvgIpc) is 3.17. The maximum absolute atomic E-state index is 13.2. The van der Waals surface area contributed by atoms with Crippen LogP contribution < -0.4 is 0 Å². The molecule has 2 heterocycles. The number of benzene rings is 2. The van der Waals surface area contributed by atoms with Gasteiger partial charge in [0.2, 0.25) is 5.71 Å². The molecule has 0 bridgehead atoms. The first-order valence-corrected chi connectivity index (χ1v) is 8.87. The Labute approximate surface area is 157 Å². The molecule has 3 amide bonds. The molecule has 2 aromatic rings. The third kappa shape index (κ3) is 2.89. The van der Waals surface area contributed by atoms with Crippen LogP contribution in [0.5, 0.6) is 0 Å². The van der Waals surface area contributed by atoms with E-state index in [0.717, 1.165) is 17.5 Å². The summed E-state index contributed by atoms with van der Waals surface area (Å²) in [4.78, 5) is 35.6. The molecule has 0 N–H and O–H groups in total. The molecule has 134 valence electrons.